The molecule has 0 atom stereocenters. The van der Waals surface area contributed by atoms with Crippen LogP contribution in [0.1, 0.15) is 28.9 Å². The third kappa shape index (κ3) is 4.68. The normalized spacial score (nSPS) is 14.3. The first-order chi connectivity index (χ1) is 16.9. The van der Waals surface area contributed by atoms with Gasteiger partial charge in [-0.3, -0.25) is 4.79 Å². The summed E-state index contributed by atoms with van der Waals surface area (Å²) in [5.74, 6) is 0.803. The molecule has 35 heavy (non-hydrogen) atoms. The van der Waals surface area contributed by atoms with Crippen molar-refractivity contribution in [1.82, 2.24) is 20.1 Å². The topological polar surface area (TPSA) is 75.5 Å². The fourth-order valence-electron chi connectivity index (χ4n) is 4.36. The molecule has 1 amide bonds. The quantitative estimate of drug-likeness (QED) is 0.435. The second-order valence-electron chi connectivity index (χ2n) is 9.02. The number of rotatable bonds is 6. The molecule has 1 aliphatic rings. The number of nitrogens with one attached hydrogen (secondary N) is 1. The Morgan fingerprint density at radius 2 is 1.77 bits per heavy atom. The molecule has 4 aromatic rings. The smallest absolute Gasteiger partial charge is 0.251 e. The number of fused-ring (bicyclic) bond motifs is 1. The molecule has 0 unspecified atom stereocenters. The van der Waals surface area contributed by atoms with Gasteiger partial charge in [0.15, 0.2) is 10.8 Å². The largest absolute Gasteiger partial charge is 0.497 e. The molecular formula is C26H30N6O2S. The van der Waals surface area contributed by atoms with Crippen LogP contribution in [-0.2, 0) is 0 Å². The lowest BCUT2D eigenvalue weighted by atomic mass is 10.0. The van der Waals surface area contributed by atoms with E-state index in [0.29, 0.717) is 5.56 Å². The number of benzene rings is 2. The van der Waals surface area contributed by atoms with Gasteiger partial charge in [0.2, 0.25) is 0 Å². The van der Waals surface area contributed by atoms with Crippen LogP contribution in [0.3, 0.4) is 0 Å². The Morgan fingerprint density at radius 3 is 2.40 bits per heavy atom. The fraction of sp³-hybridized carbons (Fsp3) is 0.346. The number of aryl methyl sites for hydroxylation is 1. The van der Waals surface area contributed by atoms with Crippen molar-refractivity contribution in [2.45, 2.75) is 25.8 Å². The minimum Gasteiger partial charge on any atom is -0.497 e. The Labute approximate surface area is 209 Å². The summed E-state index contributed by atoms with van der Waals surface area (Å²) in [6.07, 6.45) is 1.78. The number of ether oxygens (including phenoxy) is 1. The monoisotopic (exact) mass is 490 g/mol. The van der Waals surface area contributed by atoms with Crippen molar-refractivity contribution < 1.29 is 9.53 Å². The first-order valence-corrected chi connectivity index (χ1v) is 12.6. The average Bonchev–Trinajstić information content (AvgIpc) is 3.45. The molecule has 9 heteroatoms. The van der Waals surface area contributed by atoms with E-state index in [1.807, 2.05) is 79.1 Å². The summed E-state index contributed by atoms with van der Waals surface area (Å²) in [6, 6.07) is 15.7. The van der Waals surface area contributed by atoms with Crippen molar-refractivity contribution in [2.24, 2.45) is 0 Å². The number of anilines is 2. The lowest BCUT2D eigenvalue weighted by molar-refractivity contribution is 0.0931. The maximum absolute atomic E-state index is 12.7. The van der Waals surface area contributed by atoms with Crippen molar-refractivity contribution in [3.8, 4) is 11.4 Å². The molecule has 1 saturated heterocycles. The number of nitrogens with zero attached hydrogens (tertiary/aromatic N) is 5. The molecule has 1 aliphatic heterocycles. The van der Waals surface area contributed by atoms with Gasteiger partial charge in [0.25, 0.3) is 5.91 Å². The highest BCUT2D eigenvalue weighted by Gasteiger charge is 2.25. The van der Waals surface area contributed by atoms with Crippen LogP contribution in [0.2, 0.25) is 0 Å². The van der Waals surface area contributed by atoms with Crippen molar-refractivity contribution in [2.75, 3.05) is 44.1 Å². The van der Waals surface area contributed by atoms with Crippen LogP contribution >= 0.6 is 11.3 Å². The first-order valence-electron chi connectivity index (χ1n) is 11.8. The zero-order valence-corrected chi connectivity index (χ0v) is 21.3. The van der Waals surface area contributed by atoms with E-state index in [2.05, 4.69) is 10.2 Å². The minimum absolute atomic E-state index is 0.0102. The highest BCUT2D eigenvalue weighted by atomic mass is 32.1. The third-order valence-electron chi connectivity index (χ3n) is 6.44. The number of hydrogen-bond donors (Lipinski definition) is 1. The standard InChI is InChI=1S/C26H30N6O2S/c1-17-23-24(32(29-17)21-9-11-22(34-4)12-10-21)28-26(35-23)31-15-13-19(14-16-31)27-25(33)18-5-7-20(8-6-18)30(2)3/h5-12,19H,13-16H2,1-4H3,(H,27,33). The molecule has 0 radical (unpaired) electrons. The summed E-state index contributed by atoms with van der Waals surface area (Å²) in [4.78, 5) is 22.0. The highest BCUT2D eigenvalue weighted by molar-refractivity contribution is 7.22. The summed E-state index contributed by atoms with van der Waals surface area (Å²) in [6.45, 7) is 3.74. The molecule has 1 N–H and O–H groups in total. The number of methoxy groups -OCH3 is 1. The zero-order chi connectivity index (χ0) is 24.5. The molecule has 182 valence electrons. The molecule has 2 aromatic heterocycles. The molecular weight excluding hydrogens is 460 g/mol. The maximum Gasteiger partial charge on any atom is 0.251 e. The Bertz CT molecular complexity index is 1320. The molecule has 1 fully saturated rings. The molecule has 5 rings (SSSR count). The van der Waals surface area contributed by atoms with Crippen LogP contribution in [0, 0.1) is 6.92 Å². The van der Waals surface area contributed by atoms with E-state index in [4.69, 9.17) is 14.8 Å². The van der Waals surface area contributed by atoms with E-state index in [1.165, 1.54) is 0 Å². The van der Waals surface area contributed by atoms with E-state index < -0.39 is 0 Å². The minimum atomic E-state index is -0.0102. The number of piperidine rings is 1. The van der Waals surface area contributed by atoms with Crippen molar-refractivity contribution in [3.63, 3.8) is 0 Å². The first kappa shape index (κ1) is 23.2. The lowest BCUT2D eigenvalue weighted by Crippen LogP contribution is -2.44. The Balaban J connectivity index is 1.24. The van der Waals surface area contributed by atoms with Crippen LogP contribution in [0.4, 0.5) is 10.8 Å². The molecule has 0 spiro atoms. The van der Waals surface area contributed by atoms with Crippen LogP contribution in [-0.4, -0.2) is 61.0 Å². The predicted octanol–water partition coefficient (Wildman–Crippen LogP) is 4.26. The van der Waals surface area contributed by atoms with Gasteiger partial charge in [-0.25, -0.2) is 4.68 Å². The third-order valence-corrected chi connectivity index (χ3v) is 7.65. The number of hydrogen-bond acceptors (Lipinski definition) is 7. The predicted molar refractivity (Wildman–Crippen MR) is 142 cm³/mol. The van der Waals surface area contributed by atoms with Crippen molar-refractivity contribution in [1.29, 1.82) is 0 Å². The van der Waals surface area contributed by atoms with Gasteiger partial charge in [-0.1, -0.05) is 11.3 Å². The summed E-state index contributed by atoms with van der Waals surface area (Å²) >= 11 is 1.68. The SMILES string of the molecule is COc1ccc(-n2nc(C)c3sc(N4CCC(NC(=O)c5ccc(N(C)C)cc5)CC4)nc32)cc1. The van der Waals surface area contributed by atoms with E-state index >= 15 is 0 Å². The number of amides is 1. The van der Waals surface area contributed by atoms with Crippen LogP contribution < -0.4 is 19.9 Å². The number of aromatic nitrogens is 3. The van der Waals surface area contributed by atoms with Crippen LogP contribution in [0.15, 0.2) is 48.5 Å². The van der Waals surface area contributed by atoms with Gasteiger partial charge in [0, 0.05) is 44.5 Å². The molecule has 8 nitrogen and oxygen atoms in total. The number of thiazole rings is 1. The van der Waals surface area contributed by atoms with Crippen molar-refractivity contribution in [3.05, 3.63) is 59.8 Å². The molecule has 0 saturated carbocycles. The summed E-state index contributed by atoms with van der Waals surface area (Å²) < 4.78 is 8.28. The molecule has 3 heterocycles. The van der Waals surface area contributed by atoms with Crippen molar-refractivity contribution >= 4 is 38.4 Å². The summed E-state index contributed by atoms with van der Waals surface area (Å²) in [7, 11) is 5.64. The van der Waals surface area contributed by atoms with Crippen LogP contribution in [0.25, 0.3) is 16.0 Å². The number of carbonyl (C=O) groups is 1. The Hall–Kier alpha value is -3.59. The maximum atomic E-state index is 12.7. The Kier molecular flexibility index (Phi) is 6.34. The lowest BCUT2D eigenvalue weighted by Gasteiger charge is -2.32. The van der Waals surface area contributed by atoms with E-state index in [0.717, 1.165) is 64.2 Å². The van der Waals surface area contributed by atoms with Gasteiger partial charge in [0.1, 0.15) is 5.75 Å². The average molecular weight is 491 g/mol. The fourth-order valence-corrected chi connectivity index (χ4v) is 5.39. The number of carbonyl (C=O) groups excluding carboxylic acids is 1. The van der Waals surface area contributed by atoms with E-state index in [9.17, 15) is 4.79 Å². The van der Waals surface area contributed by atoms with Gasteiger partial charge >= 0.3 is 0 Å². The summed E-state index contributed by atoms with van der Waals surface area (Å²) in [5, 5.41) is 8.92. The Morgan fingerprint density at radius 1 is 1.09 bits per heavy atom. The second-order valence-corrected chi connectivity index (χ2v) is 10.00. The molecule has 2 aromatic carbocycles. The highest BCUT2D eigenvalue weighted by Crippen LogP contribution is 2.34. The van der Waals surface area contributed by atoms with Gasteiger partial charge in [-0.15, -0.1) is 0 Å². The van der Waals surface area contributed by atoms with E-state index in [-0.39, 0.29) is 11.9 Å². The second kappa shape index (κ2) is 9.58. The zero-order valence-electron chi connectivity index (χ0n) is 20.5. The van der Waals surface area contributed by atoms with Gasteiger partial charge in [-0.2, -0.15) is 10.1 Å². The van der Waals surface area contributed by atoms with Gasteiger partial charge in [-0.05, 0) is 68.3 Å². The van der Waals surface area contributed by atoms with Gasteiger partial charge in [0.05, 0.1) is 23.2 Å². The van der Waals surface area contributed by atoms with Crippen LogP contribution in [0.5, 0.6) is 5.75 Å². The summed E-state index contributed by atoms with van der Waals surface area (Å²) in [5.41, 5.74) is 4.59. The molecule has 0 aliphatic carbocycles. The van der Waals surface area contributed by atoms with E-state index in [1.54, 1.807) is 18.4 Å². The molecule has 0 bridgehead atoms. The van der Waals surface area contributed by atoms with Gasteiger partial charge < -0.3 is 19.9 Å².